The summed E-state index contributed by atoms with van der Waals surface area (Å²) in [7, 11) is 0. The van der Waals surface area contributed by atoms with Crippen LogP contribution in [0.25, 0.3) is 0 Å². The molecule has 12 heavy (non-hydrogen) atoms. The maximum absolute atomic E-state index is 5.59. The van der Waals surface area contributed by atoms with Gasteiger partial charge in [-0.1, -0.05) is 20.3 Å². The zero-order valence-electron chi connectivity index (χ0n) is 7.84. The average Bonchev–Trinajstić information content (AvgIpc) is 2.52. The lowest BCUT2D eigenvalue weighted by Gasteiger charge is -2.03. The molecule has 0 saturated heterocycles. The summed E-state index contributed by atoms with van der Waals surface area (Å²) in [4.78, 5) is 2.92. The number of hydrogen-bond donors (Lipinski definition) is 1. The summed E-state index contributed by atoms with van der Waals surface area (Å²) >= 11 is 1.91. The molecule has 0 saturated carbocycles. The molecule has 1 aromatic heterocycles. The van der Waals surface area contributed by atoms with Crippen LogP contribution < -0.4 is 5.73 Å². The molecule has 68 valence electrons. The second-order valence-electron chi connectivity index (χ2n) is 3.19. The van der Waals surface area contributed by atoms with Gasteiger partial charge in [0.25, 0.3) is 0 Å². The van der Waals surface area contributed by atoms with E-state index in [1.165, 1.54) is 22.6 Å². The Hall–Kier alpha value is -0.340. The fourth-order valence-corrected chi connectivity index (χ4v) is 2.33. The van der Waals surface area contributed by atoms with E-state index in [0.717, 1.165) is 6.54 Å². The van der Waals surface area contributed by atoms with Crippen molar-refractivity contribution in [3.63, 3.8) is 0 Å². The fourth-order valence-electron chi connectivity index (χ4n) is 1.16. The second kappa shape index (κ2) is 4.63. The van der Waals surface area contributed by atoms with Crippen molar-refractivity contribution in [1.29, 1.82) is 0 Å². The molecule has 0 aliphatic rings. The van der Waals surface area contributed by atoms with Crippen LogP contribution in [0.1, 0.15) is 35.9 Å². The lowest BCUT2D eigenvalue weighted by Crippen LogP contribution is -2.06. The van der Waals surface area contributed by atoms with Gasteiger partial charge in [-0.15, -0.1) is 11.3 Å². The molecule has 2 heteroatoms. The van der Waals surface area contributed by atoms with E-state index in [2.05, 4.69) is 26.0 Å². The third kappa shape index (κ3) is 2.32. The SMILES string of the molecule is CCCc1ccc(C(C)CN)s1. The Kier molecular flexibility index (Phi) is 3.76. The molecule has 0 bridgehead atoms. The Morgan fingerprint density at radius 1 is 1.50 bits per heavy atom. The summed E-state index contributed by atoms with van der Waals surface area (Å²) in [6.45, 7) is 5.15. The van der Waals surface area contributed by atoms with Crippen molar-refractivity contribution >= 4 is 11.3 Å². The molecular weight excluding hydrogens is 166 g/mol. The summed E-state index contributed by atoms with van der Waals surface area (Å²) in [5.41, 5.74) is 5.59. The molecule has 1 nitrogen and oxygen atoms in total. The zero-order chi connectivity index (χ0) is 8.97. The summed E-state index contributed by atoms with van der Waals surface area (Å²) < 4.78 is 0. The predicted octanol–water partition coefficient (Wildman–Crippen LogP) is 2.76. The topological polar surface area (TPSA) is 26.0 Å². The van der Waals surface area contributed by atoms with Gasteiger partial charge in [-0.25, -0.2) is 0 Å². The van der Waals surface area contributed by atoms with E-state index in [9.17, 15) is 0 Å². The van der Waals surface area contributed by atoms with E-state index < -0.39 is 0 Å². The molecule has 1 aromatic rings. The molecule has 0 aliphatic carbocycles. The molecule has 1 heterocycles. The molecule has 1 unspecified atom stereocenters. The van der Waals surface area contributed by atoms with Gasteiger partial charge in [-0.3, -0.25) is 0 Å². The Labute approximate surface area is 78.6 Å². The minimum atomic E-state index is 0.528. The zero-order valence-corrected chi connectivity index (χ0v) is 8.66. The van der Waals surface area contributed by atoms with Crippen LogP contribution in [0.5, 0.6) is 0 Å². The summed E-state index contributed by atoms with van der Waals surface area (Å²) in [6, 6.07) is 4.45. The molecule has 0 spiro atoms. The molecule has 0 aliphatic heterocycles. The van der Waals surface area contributed by atoms with Gasteiger partial charge < -0.3 is 5.73 Å². The third-order valence-corrected chi connectivity index (χ3v) is 3.39. The van der Waals surface area contributed by atoms with Crippen molar-refractivity contribution in [2.45, 2.75) is 32.6 Å². The van der Waals surface area contributed by atoms with Crippen molar-refractivity contribution in [3.05, 3.63) is 21.9 Å². The molecule has 0 radical (unpaired) electrons. The highest BCUT2D eigenvalue weighted by Gasteiger charge is 2.05. The molecule has 2 N–H and O–H groups in total. The predicted molar refractivity (Wildman–Crippen MR) is 55.8 cm³/mol. The largest absolute Gasteiger partial charge is 0.330 e. The number of thiophene rings is 1. The van der Waals surface area contributed by atoms with Crippen molar-refractivity contribution in [2.24, 2.45) is 5.73 Å². The number of nitrogens with two attached hydrogens (primary N) is 1. The van der Waals surface area contributed by atoms with Gasteiger partial charge in [-0.2, -0.15) is 0 Å². The number of aryl methyl sites for hydroxylation is 1. The van der Waals surface area contributed by atoms with E-state index in [1.54, 1.807) is 0 Å². The first-order valence-corrected chi connectivity index (χ1v) is 5.38. The third-order valence-electron chi connectivity index (χ3n) is 2.02. The standard InChI is InChI=1S/C10H17NS/c1-3-4-9-5-6-10(12-9)8(2)7-11/h5-6,8H,3-4,7,11H2,1-2H3. The van der Waals surface area contributed by atoms with E-state index >= 15 is 0 Å². The highest BCUT2D eigenvalue weighted by molar-refractivity contribution is 7.12. The van der Waals surface area contributed by atoms with Gasteiger partial charge in [0.15, 0.2) is 0 Å². The Morgan fingerprint density at radius 2 is 2.25 bits per heavy atom. The summed E-state index contributed by atoms with van der Waals surface area (Å²) in [5.74, 6) is 0.528. The first-order chi connectivity index (χ1) is 5.77. The van der Waals surface area contributed by atoms with Crippen LogP contribution in [0.4, 0.5) is 0 Å². The van der Waals surface area contributed by atoms with Gasteiger partial charge in [0, 0.05) is 15.7 Å². The number of rotatable bonds is 4. The van der Waals surface area contributed by atoms with Gasteiger partial charge in [-0.05, 0) is 25.1 Å². The van der Waals surface area contributed by atoms with Gasteiger partial charge in [0.1, 0.15) is 0 Å². The average molecular weight is 183 g/mol. The van der Waals surface area contributed by atoms with Crippen molar-refractivity contribution < 1.29 is 0 Å². The molecule has 1 rings (SSSR count). The number of hydrogen-bond acceptors (Lipinski definition) is 2. The first-order valence-electron chi connectivity index (χ1n) is 4.56. The molecule has 0 aromatic carbocycles. The lowest BCUT2D eigenvalue weighted by atomic mass is 10.1. The van der Waals surface area contributed by atoms with Crippen LogP contribution in [0.3, 0.4) is 0 Å². The quantitative estimate of drug-likeness (QED) is 0.763. The normalized spacial score (nSPS) is 13.2. The lowest BCUT2D eigenvalue weighted by molar-refractivity contribution is 0.790. The highest BCUT2D eigenvalue weighted by atomic mass is 32.1. The Bertz CT molecular complexity index is 229. The van der Waals surface area contributed by atoms with Gasteiger partial charge in [0.2, 0.25) is 0 Å². The molecular formula is C10H17NS. The van der Waals surface area contributed by atoms with Crippen molar-refractivity contribution in [3.8, 4) is 0 Å². The van der Waals surface area contributed by atoms with Crippen LogP contribution in [0.2, 0.25) is 0 Å². The van der Waals surface area contributed by atoms with E-state index in [4.69, 9.17) is 5.73 Å². The van der Waals surface area contributed by atoms with Gasteiger partial charge >= 0.3 is 0 Å². The fraction of sp³-hybridized carbons (Fsp3) is 0.600. The van der Waals surface area contributed by atoms with Crippen molar-refractivity contribution in [1.82, 2.24) is 0 Å². The Morgan fingerprint density at radius 3 is 2.83 bits per heavy atom. The maximum atomic E-state index is 5.59. The highest BCUT2D eigenvalue weighted by Crippen LogP contribution is 2.24. The minimum Gasteiger partial charge on any atom is -0.330 e. The summed E-state index contributed by atoms with van der Waals surface area (Å²) in [5, 5.41) is 0. The van der Waals surface area contributed by atoms with Crippen LogP contribution >= 0.6 is 11.3 Å². The first kappa shape index (κ1) is 9.75. The van der Waals surface area contributed by atoms with Crippen molar-refractivity contribution in [2.75, 3.05) is 6.54 Å². The molecule has 0 amide bonds. The monoisotopic (exact) mass is 183 g/mol. The van der Waals surface area contributed by atoms with Crippen LogP contribution in [0.15, 0.2) is 12.1 Å². The molecule has 0 fully saturated rings. The summed E-state index contributed by atoms with van der Waals surface area (Å²) in [6.07, 6.45) is 2.44. The van der Waals surface area contributed by atoms with Crippen LogP contribution in [-0.4, -0.2) is 6.54 Å². The second-order valence-corrected chi connectivity index (χ2v) is 4.39. The smallest absolute Gasteiger partial charge is 0.00889 e. The molecule has 1 atom stereocenters. The van der Waals surface area contributed by atoms with E-state index in [-0.39, 0.29) is 0 Å². The Balaban J connectivity index is 2.63. The van der Waals surface area contributed by atoms with Crippen LogP contribution in [-0.2, 0) is 6.42 Å². The van der Waals surface area contributed by atoms with Crippen LogP contribution in [0, 0.1) is 0 Å². The van der Waals surface area contributed by atoms with E-state index in [1.807, 2.05) is 11.3 Å². The van der Waals surface area contributed by atoms with E-state index in [0.29, 0.717) is 5.92 Å². The maximum Gasteiger partial charge on any atom is 0.00889 e. The minimum absolute atomic E-state index is 0.528. The van der Waals surface area contributed by atoms with Gasteiger partial charge in [0.05, 0.1) is 0 Å².